The predicted molar refractivity (Wildman–Crippen MR) is 98.3 cm³/mol. The molecule has 0 aromatic carbocycles. The topological polar surface area (TPSA) is 95.8 Å². The normalized spacial score (nSPS) is 19.0. The van der Waals surface area contributed by atoms with E-state index in [9.17, 15) is 13.2 Å². The molecule has 1 aliphatic rings. The van der Waals surface area contributed by atoms with E-state index in [0.29, 0.717) is 31.6 Å². The third-order valence-corrected chi connectivity index (χ3v) is 7.05. The van der Waals surface area contributed by atoms with E-state index in [1.165, 1.54) is 4.31 Å². The first-order valence-corrected chi connectivity index (χ1v) is 10.7. The van der Waals surface area contributed by atoms with Crippen LogP contribution in [0.4, 0.5) is 0 Å². The monoisotopic (exact) mass is 386 g/mol. The van der Waals surface area contributed by atoms with Crippen LogP contribution in [0, 0.1) is 19.8 Å². The highest BCUT2D eigenvalue weighted by Crippen LogP contribution is 2.27. The predicted octanol–water partition coefficient (Wildman–Crippen LogP) is 1.15. The summed E-state index contributed by atoms with van der Waals surface area (Å²) in [5.74, 6) is -0.111. The van der Waals surface area contributed by atoms with Crippen LogP contribution in [0.15, 0.2) is 9.42 Å². The molecule has 1 N–H and O–H groups in total. The number of amides is 1. The summed E-state index contributed by atoms with van der Waals surface area (Å²) in [6.07, 6.45) is 1.36. The molecule has 1 atom stereocenters. The van der Waals surface area contributed by atoms with E-state index >= 15 is 0 Å². The van der Waals surface area contributed by atoms with Gasteiger partial charge in [0.2, 0.25) is 15.9 Å². The molecule has 0 aliphatic carbocycles. The van der Waals surface area contributed by atoms with Crippen LogP contribution < -0.4 is 5.32 Å². The van der Waals surface area contributed by atoms with Crippen molar-refractivity contribution in [3.05, 3.63) is 11.5 Å². The molecule has 8 nitrogen and oxygen atoms in total. The second kappa shape index (κ2) is 8.96. The molecule has 1 aliphatic heterocycles. The van der Waals surface area contributed by atoms with Crippen molar-refractivity contribution in [2.75, 3.05) is 39.3 Å². The van der Waals surface area contributed by atoms with Gasteiger partial charge in [-0.3, -0.25) is 4.79 Å². The van der Waals surface area contributed by atoms with Crippen molar-refractivity contribution < 1.29 is 17.7 Å². The van der Waals surface area contributed by atoms with Crippen molar-refractivity contribution in [1.29, 1.82) is 0 Å². The van der Waals surface area contributed by atoms with Crippen LogP contribution >= 0.6 is 0 Å². The number of carbonyl (C=O) groups is 1. The molecule has 148 valence electrons. The Kier molecular flexibility index (Phi) is 7.19. The highest BCUT2D eigenvalue weighted by Gasteiger charge is 2.36. The smallest absolute Gasteiger partial charge is 0.248 e. The van der Waals surface area contributed by atoms with Gasteiger partial charge in [-0.15, -0.1) is 0 Å². The first-order chi connectivity index (χ1) is 12.3. The van der Waals surface area contributed by atoms with Gasteiger partial charge in [0.15, 0.2) is 5.76 Å². The quantitative estimate of drug-likeness (QED) is 0.720. The van der Waals surface area contributed by atoms with Gasteiger partial charge in [0.25, 0.3) is 0 Å². The fourth-order valence-corrected chi connectivity index (χ4v) is 5.18. The summed E-state index contributed by atoms with van der Waals surface area (Å²) < 4.78 is 32.2. The van der Waals surface area contributed by atoms with Crippen molar-refractivity contribution in [3.63, 3.8) is 0 Å². The zero-order valence-corrected chi connectivity index (χ0v) is 16.9. The fourth-order valence-electron chi connectivity index (χ4n) is 3.37. The van der Waals surface area contributed by atoms with Crippen LogP contribution in [0.25, 0.3) is 0 Å². The number of nitrogens with one attached hydrogen (secondary N) is 1. The number of piperidine rings is 1. The lowest BCUT2D eigenvalue weighted by Gasteiger charge is -2.31. The number of rotatable bonds is 8. The van der Waals surface area contributed by atoms with Crippen molar-refractivity contribution in [3.8, 4) is 0 Å². The first-order valence-electron chi connectivity index (χ1n) is 9.24. The molecule has 26 heavy (non-hydrogen) atoms. The van der Waals surface area contributed by atoms with E-state index < -0.39 is 10.0 Å². The number of hydrogen-bond donors (Lipinski definition) is 1. The zero-order valence-electron chi connectivity index (χ0n) is 16.1. The lowest BCUT2D eigenvalue weighted by molar-refractivity contribution is -0.126. The number of nitrogens with zero attached hydrogens (tertiary/aromatic N) is 3. The summed E-state index contributed by atoms with van der Waals surface area (Å²) in [7, 11) is -3.70. The minimum absolute atomic E-state index is 0.0733. The molecule has 1 aromatic rings. The van der Waals surface area contributed by atoms with Crippen molar-refractivity contribution in [1.82, 2.24) is 19.7 Å². The van der Waals surface area contributed by atoms with Crippen molar-refractivity contribution in [2.45, 2.75) is 45.4 Å². The highest BCUT2D eigenvalue weighted by molar-refractivity contribution is 7.89. The maximum absolute atomic E-state index is 12.9. The van der Waals surface area contributed by atoms with Crippen molar-refractivity contribution >= 4 is 15.9 Å². The van der Waals surface area contributed by atoms with Crippen molar-refractivity contribution in [2.24, 2.45) is 5.92 Å². The van der Waals surface area contributed by atoms with Gasteiger partial charge < -0.3 is 14.7 Å². The van der Waals surface area contributed by atoms with Crippen LogP contribution in [0.5, 0.6) is 0 Å². The third-order valence-electron chi connectivity index (χ3n) is 4.94. The summed E-state index contributed by atoms with van der Waals surface area (Å²) in [5.41, 5.74) is 0.355. The van der Waals surface area contributed by atoms with E-state index in [1.54, 1.807) is 13.8 Å². The van der Waals surface area contributed by atoms with Crippen LogP contribution in [0.3, 0.4) is 0 Å². The van der Waals surface area contributed by atoms with Gasteiger partial charge in [0, 0.05) is 26.2 Å². The molecular formula is C17H30N4O4S. The molecule has 1 saturated heterocycles. The Morgan fingerprint density at radius 2 is 2.04 bits per heavy atom. The Morgan fingerprint density at radius 1 is 1.35 bits per heavy atom. The van der Waals surface area contributed by atoms with Gasteiger partial charge in [-0.25, -0.2) is 8.42 Å². The molecule has 0 radical (unpaired) electrons. The summed E-state index contributed by atoms with van der Waals surface area (Å²) >= 11 is 0. The molecule has 1 amide bonds. The second-order valence-electron chi connectivity index (χ2n) is 6.67. The summed E-state index contributed by atoms with van der Waals surface area (Å²) in [4.78, 5) is 14.8. The van der Waals surface area contributed by atoms with Crippen LogP contribution in [0.1, 0.15) is 38.1 Å². The number of carbonyl (C=O) groups excluding carboxylic acids is 1. The molecule has 1 unspecified atom stereocenters. The van der Waals surface area contributed by atoms with E-state index in [0.717, 1.165) is 19.6 Å². The Labute approximate surface area is 155 Å². The average molecular weight is 387 g/mol. The van der Waals surface area contributed by atoms with Gasteiger partial charge in [-0.1, -0.05) is 19.0 Å². The average Bonchev–Trinajstić information content (AvgIpc) is 2.97. The molecule has 0 spiro atoms. The minimum atomic E-state index is -3.70. The van der Waals surface area contributed by atoms with Crippen LogP contribution in [-0.4, -0.2) is 68.0 Å². The van der Waals surface area contributed by atoms with E-state index in [1.807, 2.05) is 0 Å². The Morgan fingerprint density at radius 3 is 2.62 bits per heavy atom. The zero-order chi connectivity index (χ0) is 19.3. The number of likely N-dealkylation sites (N-methyl/N-ethyl adjacent to an activating group) is 1. The molecule has 2 heterocycles. The molecule has 0 bridgehead atoms. The standard InChI is InChI=1S/C17H30N4O4S/c1-5-20(6-2)11-9-18-17(22)15-8-7-10-21(12-15)26(23,24)16-13(3)19-25-14(16)4/h15H,5-12H2,1-4H3,(H,18,22). The maximum atomic E-state index is 12.9. The summed E-state index contributed by atoms with van der Waals surface area (Å²) in [5, 5.41) is 6.69. The molecule has 9 heteroatoms. The molecule has 2 rings (SSSR count). The van der Waals surface area contributed by atoms with Gasteiger partial charge >= 0.3 is 0 Å². The Hall–Kier alpha value is -1.45. The molecule has 1 fully saturated rings. The highest BCUT2D eigenvalue weighted by atomic mass is 32.2. The Balaban J connectivity index is 1.99. The second-order valence-corrected chi connectivity index (χ2v) is 8.55. The molecule has 1 aromatic heterocycles. The largest absolute Gasteiger partial charge is 0.360 e. The van der Waals surface area contributed by atoms with Gasteiger partial charge in [0.05, 0.1) is 5.92 Å². The summed E-state index contributed by atoms with van der Waals surface area (Å²) in [6.45, 7) is 11.3. The van der Waals surface area contributed by atoms with E-state index in [4.69, 9.17) is 4.52 Å². The summed E-state index contributed by atoms with van der Waals surface area (Å²) in [6, 6.07) is 0. The Bertz CT molecular complexity index is 693. The molecular weight excluding hydrogens is 356 g/mol. The lowest BCUT2D eigenvalue weighted by Crippen LogP contribution is -2.46. The maximum Gasteiger partial charge on any atom is 0.248 e. The van der Waals surface area contributed by atoms with Crippen LogP contribution in [0.2, 0.25) is 0 Å². The third kappa shape index (κ3) is 4.63. The molecule has 0 saturated carbocycles. The van der Waals surface area contributed by atoms with Gasteiger partial charge in [0.1, 0.15) is 10.6 Å². The van der Waals surface area contributed by atoms with E-state index in [-0.39, 0.29) is 29.0 Å². The van der Waals surface area contributed by atoms with Crippen LogP contribution in [-0.2, 0) is 14.8 Å². The van der Waals surface area contributed by atoms with Gasteiger partial charge in [-0.05, 0) is 39.8 Å². The van der Waals surface area contributed by atoms with Gasteiger partial charge in [-0.2, -0.15) is 4.31 Å². The van der Waals surface area contributed by atoms with E-state index in [2.05, 4.69) is 29.2 Å². The number of sulfonamides is 1. The lowest BCUT2D eigenvalue weighted by atomic mass is 9.99. The first kappa shape index (κ1) is 20.9. The minimum Gasteiger partial charge on any atom is -0.360 e. The number of hydrogen-bond acceptors (Lipinski definition) is 6. The number of aromatic nitrogens is 1. The number of aryl methyl sites for hydroxylation is 2. The fraction of sp³-hybridized carbons (Fsp3) is 0.765. The SMILES string of the molecule is CCN(CC)CCNC(=O)C1CCCN(S(=O)(=O)c2c(C)noc2C)C1.